The number of anilines is 1. The first-order valence-electron chi connectivity index (χ1n) is 6.09. The van der Waals surface area contributed by atoms with Crippen LogP contribution in [0, 0.1) is 5.41 Å². The molecule has 1 rings (SSSR count). The lowest BCUT2D eigenvalue weighted by Gasteiger charge is -2.21. The molecule has 0 aliphatic rings. The molecule has 0 radical (unpaired) electrons. The highest BCUT2D eigenvalue weighted by Crippen LogP contribution is 2.17. The zero-order valence-corrected chi connectivity index (χ0v) is 11.6. The third-order valence-electron chi connectivity index (χ3n) is 2.66. The number of amides is 1. The third kappa shape index (κ3) is 4.84. The number of hydrogen-bond donors (Lipinski definition) is 2. The van der Waals surface area contributed by atoms with Gasteiger partial charge in [0.25, 0.3) is 0 Å². The van der Waals surface area contributed by atoms with Crippen LogP contribution in [0.25, 0.3) is 0 Å². The van der Waals surface area contributed by atoms with E-state index in [4.69, 9.17) is 15.2 Å². The smallest absolute Gasteiger partial charge is 0.231 e. The Labute approximate surface area is 113 Å². The number of hydrogen-bond acceptors (Lipinski definition) is 5. The summed E-state index contributed by atoms with van der Waals surface area (Å²) in [5.41, 5.74) is 5.56. The molecule has 1 amide bonds. The van der Waals surface area contributed by atoms with E-state index in [0.717, 1.165) is 0 Å². The van der Waals surface area contributed by atoms with E-state index in [-0.39, 0.29) is 12.5 Å². The first kappa shape index (κ1) is 15.4. The van der Waals surface area contributed by atoms with Crippen LogP contribution in [0.1, 0.15) is 13.8 Å². The van der Waals surface area contributed by atoms with Crippen molar-refractivity contribution in [2.75, 3.05) is 32.2 Å². The maximum absolute atomic E-state index is 11.9. The number of carbonyl (C=O) groups is 1. The van der Waals surface area contributed by atoms with Crippen LogP contribution in [0.5, 0.6) is 5.88 Å². The highest BCUT2D eigenvalue weighted by molar-refractivity contribution is 5.94. The summed E-state index contributed by atoms with van der Waals surface area (Å²) in [6.45, 7) is 4.81. The molecule has 106 valence electrons. The Kier molecular flexibility index (Phi) is 5.72. The number of nitrogens with one attached hydrogen (secondary N) is 1. The van der Waals surface area contributed by atoms with Crippen LogP contribution >= 0.6 is 0 Å². The lowest BCUT2D eigenvalue weighted by Crippen LogP contribution is -2.37. The number of ether oxygens (including phenoxy) is 2. The van der Waals surface area contributed by atoms with Crippen molar-refractivity contribution in [3.05, 3.63) is 18.3 Å². The summed E-state index contributed by atoms with van der Waals surface area (Å²) in [6, 6.07) is 3.43. The molecule has 1 aromatic heterocycles. The van der Waals surface area contributed by atoms with Gasteiger partial charge >= 0.3 is 0 Å². The predicted molar refractivity (Wildman–Crippen MR) is 73.1 cm³/mol. The lowest BCUT2D eigenvalue weighted by atomic mass is 9.93. The fraction of sp³-hybridized carbons (Fsp3) is 0.538. The van der Waals surface area contributed by atoms with E-state index in [2.05, 4.69) is 10.3 Å². The molecule has 1 heterocycles. The zero-order valence-electron chi connectivity index (χ0n) is 11.6. The molecule has 0 aliphatic heterocycles. The first-order valence-corrected chi connectivity index (χ1v) is 6.09. The lowest BCUT2D eigenvalue weighted by molar-refractivity contribution is -0.123. The first-order chi connectivity index (χ1) is 8.99. The Morgan fingerprint density at radius 3 is 2.68 bits per heavy atom. The third-order valence-corrected chi connectivity index (χ3v) is 2.66. The highest BCUT2D eigenvalue weighted by atomic mass is 16.5. The van der Waals surface area contributed by atoms with Gasteiger partial charge in [0.2, 0.25) is 11.8 Å². The standard InChI is InChI=1S/C13H21N3O3/c1-13(2,9-14)12(17)16-10-4-5-11(15-8-10)19-7-6-18-3/h4-5,8H,6-7,9,14H2,1-3H3,(H,16,17). The van der Waals surface area contributed by atoms with Gasteiger partial charge in [-0.3, -0.25) is 4.79 Å². The molecule has 19 heavy (non-hydrogen) atoms. The van der Waals surface area contributed by atoms with Crippen molar-refractivity contribution >= 4 is 11.6 Å². The quantitative estimate of drug-likeness (QED) is 0.721. The van der Waals surface area contributed by atoms with Crippen LogP contribution in [0.3, 0.4) is 0 Å². The Bertz CT molecular complexity index is 404. The summed E-state index contributed by atoms with van der Waals surface area (Å²) in [5.74, 6) is 0.359. The van der Waals surface area contributed by atoms with Crippen molar-refractivity contribution in [1.82, 2.24) is 4.98 Å². The molecule has 6 nitrogen and oxygen atoms in total. The second-order valence-electron chi connectivity index (χ2n) is 4.77. The Morgan fingerprint density at radius 2 is 2.16 bits per heavy atom. The molecule has 0 unspecified atom stereocenters. The average molecular weight is 267 g/mol. The minimum atomic E-state index is -0.604. The van der Waals surface area contributed by atoms with Gasteiger partial charge in [-0.05, 0) is 19.9 Å². The van der Waals surface area contributed by atoms with E-state index < -0.39 is 5.41 Å². The molecule has 6 heteroatoms. The number of rotatable bonds is 7. The van der Waals surface area contributed by atoms with Crippen LogP contribution in [-0.2, 0) is 9.53 Å². The summed E-state index contributed by atoms with van der Waals surface area (Å²) in [5, 5.41) is 2.77. The van der Waals surface area contributed by atoms with Gasteiger partial charge in [-0.2, -0.15) is 0 Å². The maximum atomic E-state index is 11.9. The topological polar surface area (TPSA) is 86.5 Å². The van der Waals surface area contributed by atoms with E-state index >= 15 is 0 Å². The number of nitrogens with two attached hydrogens (primary N) is 1. The fourth-order valence-corrected chi connectivity index (χ4v) is 1.16. The van der Waals surface area contributed by atoms with E-state index in [9.17, 15) is 4.79 Å². The van der Waals surface area contributed by atoms with Crippen molar-refractivity contribution in [3.8, 4) is 5.88 Å². The Balaban J connectivity index is 2.55. The highest BCUT2D eigenvalue weighted by Gasteiger charge is 2.25. The zero-order chi connectivity index (χ0) is 14.3. The van der Waals surface area contributed by atoms with Gasteiger partial charge in [0.15, 0.2) is 0 Å². The van der Waals surface area contributed by atoms with Crippen LogP contribution in [0.2, 0.25) is 0 Å². The van der Waals surface area contributed by atoms with Gasteiger partial charge in [-0.1, -0.05) is 0 Å². The van der Waals surface area contributed by atoms with Crippen LogP contribution in [-0.4, -0.2) is 37.8 Å². The van der Waals surface area contributed by atoms with Crippen LogP contribution in [0.15, 0.2) is 18.3 Å². The predicted octanol–water partition coefficient (Wildman–Crippen LogP) is 1.03. The van der Waals surface area contributed by atoms with Crippen molar-refractivity contribution < 1.29 is 14.3 Å². The van der Waals surface area contributed by atoms with Gasteiger partial charge in [-0.15, -0.1) is 0 Å². The second-order valence-corrected chi connectivity index (χ2v) is 4.77. The van der Waals surface area contributed by atoms with Crippen molar-refractivity contribution in [2.24, 2.45) is 11.1 Å². The van der Waals surface area contributed by atoms with Crippen LogP contribution in [0.4, 0.5) is 5.69 Å². The molecule has 0 aliphatic carbocycles. The molecule has 1 aromatic rings. The Hall–Kier alpha value is -1.66. The molecule has 0 bridgehead atoms. The van der Waals surface area contributed by atoms with Crippen molar-refractivity contribution in [1.29, 1.82) is 0 Å². The molecule has 0 aromatic carbocycles. The number of methoxy groups -OCH3 is 1. The normalized spacial score (nSPS) is 11.2. The van der Waals surface area contributed by atoms with Gasteiger partial charge in [0, 0.05) is 19.7 Å². The largest absolute Gasteiger partial charge is 0.475 e. The SMILES string of the molecule is COCCOc1ccc(NC(=O)C(C)(C)CN)cn1. The maximum Gasteiger partial charge on any atom is 0.231 e. The number of aromatic nitrogens is 1. The summed E-state index contributed by atoms with van der Waals surface area (Å²) in [4.78, 5) is 16.0. The van der Waals surface area contributed by atoms with Gasteiger partial charge in [0.05, 0.1) is 23.9 Å². The summed E-state index contributed by atoms with van der Waals surface area (Å²) in [7, 11) is 1.61. The number of carbonyl (C=O) groups excluding carboxylic acids is 1. The molecular weight excluding hydrogens is 246 g/mol. The molecule has 0 saturated carbocycles. The molecule has 0 fully saturated rings. The summed E-state index contributed by atoms with van der Waals surface area (Å²) in [6.07, 6.45) is 1.55. The summed E-state index contributed by atoms with van der Waals surface area (Å²) >= 11 is 0. The minimum absolute atomic E-state index is 0.134. The van der Waals surface area contributed by atoms with E-state index in [1.54, 1.807) is 39.3 Å². The molecular formula is C13H21N3O3. The second kappa shape index (κ2) is 7.06. The summed E-state index contributed by atoms with van der Waals surface area (Å²) < 4.78 is 10.2. The van der Waals surface area contributed by atoms with Gasteiger partial charge in [-0.25, -0.2) is 4.98 Å². The molecule has 0 atom stereocenters. The molecule has 0 spiro atoms. The van der Waals surface area contributed by atoms with Crippen molar-refractivity contribution in [2.45, 2.75) is 13.8 Å². The molecule has 0 saturated heterocycles. The number of nitrogens with zero attached hydrogens (tertiary/aromatic N) is 1. The van der Waals surface area contributed by atoms with E-state index in [1.165, 1.54) is 0 Å². The van der Waals surface area contributed by atoms with Gasteiger partial charge < -0.3 is 20.5 Å². The Morgan fingerprint density at radius 1 is 1.42 bits per heavy atom. The minimum Gasteiger partial charge on any atom is -0.475 e. The monoisotopic (exact) mass is 267 g/mol. The van der Waals surface area contributed by atoms with Crippen molar-refractivity contribution in [3.63, 3.8) is 0 Å². The van der Waals surface area contributed by atoms with E-state index in [1.807, 2.05) is 0 Å². The fourth-order valence-electron chi connectivity index (χ4n) is 1.16. The van der Waals surface area contributed by atoms with Gasteiger partial charge in [0.1, 0.15) is 6.61 Å². The van der Waals surface area contributed by atoms with Crippen LogP contribution < -0.4 is 15.8 Å². The number of pyridine rings is 1. The molecule has 3 N–H and O–H groups in total. The average Bonchev–Trinajstić information content (AvgIpc) is 2.41. The van der Waals surface area contributed by atoms with E-state index in [0.29, 0.717) is 24.8 Å².